The fraction of sp³-hybridized carbons (Fsp3) is 0.571. The molecule has 1 aliphatic rings. The molecule has 3 heteroatoms. The summed E-state index contributed by atoms with van der Waals surface area (Å²) < 4.78 is 10.7. The first-order valence-electron chi connectivity index (χ1n) is 6.14. The van der Waals surface area contributed by atoms with E-state index in [1.54, 1.807) is 14.2 Å². The minimum Gasteiger partial charge on any atom is -0.493 e. The molecule has 2 rings (SSSR count). The minimum atomic E-state index is 0.370. The molecule has 1 aromatic carbocycles. The smallest absolute Gasteiger partial charge is 0.161 e. The van der Waals surface area contributed by atoms with Crippen molar-refractivity contribution in [1.82, 2.24) is 5.32 Å². The van der Waals surface area contributed by atoms with Crippen molar-refractivity contribution in [3.05, 3.63) is 23.3 Å². The normalized spacial score (nSPS) is 23.8. The van der Waals surface area contributed by atoms with Crippen LogP contribution in [0.25, 0.3) is 0 Å². The van der Waals surface area contributed by atoms with Crippen LogP contribution in [0, 0.1) is 5.92 Å². The quantitative estimate of drug-likeness (QED) is 0.854. The maximum absolute atomic E-state index is 5.37. The molecule has 0 saturated heterocycles. The van der Waals surface area contributed by atoms with Crippen molar-refractivity contribution in [3.8, 4) is 11.5 Å². The molecule has 0 amide bonds. The number of hydrogen-bond acceptors (Lipinski definition) is 3. The van der Waals surface area contributed by atoms with E-state index in [1.165, 1.54) is 11.1 Å². The molecule has 94 valence electrons. The van der Waals surface area contributed by atoms with E-state index in [9.17, 15) is 0 Å². The summed E-state index contributed by atoms with van der Waals surface area (Å²) in [6.45, 7) is 5.52. The fourth-order valence-corrected chi connectivity index (χ4v) is 2.45. The molecule has 0 aromatic heterocycles. The zero-order chi connectivity index (χ0) is 12.4. The van der Waals surface area contributed by atoms with Crippen molar-refractivity contribution in [3.63, 3.8) is 0 Å². The summed E-state index contributed by atoms with van der Waals surface area (Å²) in [5.41, 5.74) is 2.69. The Morgan fingerprint density at radius 2 is 1.76 bits per heavy atom. The Balaban J connectivity index is 2.48. The standard InChI is InChI=1S/C14H21NO2/c1-9-5-11-6-13(16-3)14(17-4)7-12(11)10(2)15-8-9/h6-7,9-10,15H,5,8H2,1-4H3/t9-,10+/m0/s1. The van der Waals surface area contributed by atoms with Gasteiger partial charge in [0.1, 0.15) is 0 Å². The van der Waals surface area contributed by atoms with Gasteiger partial charge < -0.3 is 14.8 Å². The van der Waals surface area contributed by atoms with Crippen molar-refractivity contribution in [2.75, 3.05) is 20.8 Å². The molecule has 1 aromatic rings. The van der Waals surface area contributed by atoms with Crippen LogP contribution in [0.3, 0.4) is 0 Å². The topological polar surface area (TPSA) is 30.5 Å². The molecule has 0 unspecified atom stereocenters. The van der Waals surface area contributed by atoms with E-state index in [0.717, 1.165) is 24.5 Å². The zero-order valence-electron chi connectivity index (χ0n) is 11.0. The number of nitrogens with one attached hydrogen (secondary N) is 1. The summed E-state index contributed by atoms with van der Waals surface area (Å²) in [5.74, 6) is 2.29. The molecule has 1 heterocycles. The second-order valence-corrected chi connectivity index (χ2v) is 4.85. The van der Waals surface area contributed by atoms with Crippen LogP contribution < -0.4 is 14.8 Å². The van der Waals surface area contributed by atoms with Crippen molar-refractivity contribution in [2.24, 2.45) is 5.92 Å². The molecule has 0 saturated carbocycles. The second-order valence-electron chi connectivity index (χ2n) is 4.85. The average Bonchev–Trinajstić information content (AvgIpc) is 2.47. The van der Waals surface area contributed by atoms with Crippen molar-refractivity contribution in [2.45, 2.75) is 26.3 Å². The van der Waals surface area contributed by atoms with E-state index in [0.29, 0.717) is 12.0 Å². The van der Waals surface area contributed by atoms with Crippen LogP contribution in [0.2, 0.25) is 0 Å². The number of methoxy groups -OCH3 is 2. The van der Waals surface area contributed by atoms with Crippen LogP contribution in [0.15, 0.2) is 12.1 Å². The zero-order valence-corrected chi connectivity index (χ0v) is 11.0. The van der Waals surface area contributed by atoms with Gasteiger partial charge >= 0.3 is 0 Å². The van der Waals surface area contributed by atoms with Crippen molar-refractivity contribution < 1.29 is 9.47 Å². The lowest BCUT2D eigenvalue weighted by Gasteiger charge is -2.17. The van der Waals surface area contributed by atoms with Gasteiger partial charge in [0.2, 0.25) is 0 Å². The highest BCUT2D eigenvalue weighted by Crippen LogP contribution is 2.35. The molecule has 17 heavy (non-hydrogen) atoms. The monoisotopic (exact) mass is 235 g/mol. The summed E-state index contributed by atoms with van der Waals surface area (Å²) >= 11 is 0. The van der Waals surface area contributed by atoms with Gasteiger partial charge in [-0.2, -0.15) is 0 Å². The lowest BCUT2D eigenvalue weighted by molar-refractivity contribution is 0.353. The highest BCUT2D eigenvalue weighted by Gasteiger charge is 2.20. The molecule has 1 N–H and O–H groups in total. The van der Waals surface area contributed by atoms with Gasteiger partial charge in [-0.25, -0.2) is 0 Å². The summed E-state index contributed by atoms with van der Waals surface area (Å²) in [6.07, 6.45) is 1.09. The van der Waals surface area contributed by atoms with Crippen molar-refractivity contribution in [1.29, 1.82) is 0 Å². The van der Waals surface area contributed by atoms with Crippen LogP contribution >= 0.6 is 0 Å². The minimum absolute atomic E-state index is 0.370. The SMILES string of the molecule is COc1cc2c(cc1OC)[C@@H](C)NC[C@@H](C)C2. The van der Waals surface area contributed by atoms with Gasteiger partial charge in [-0.1, -0.05) is 6.92 Å². The van der Waals surface area contributed by atoms with E-state index in [-0.39, 0.29) is 0 Å². The lowest BCUT2D eigenvalue weighted by atomic mass is 9.96. The molecule has 0 radical (unpaired) electrons. The largest absolute Gasteiger partial charge is 0.493 e. The molecule has 1 aliphatic heterocycles. The highest BCUT2D eigenvalue weighted by molar-refractivity contribution is 5.49. The van der Waals surface area contributed by atoms with E-state index >= 15 is 0 Å². The summed E-state index contributed by atoms with van der Waals surface area (Å²) in [5, 5.41) is 3.54. The van der Waals surface area contributed by atoms with Crippen LogP contribution in [-0.4, -0.2) is 20.8 Å². The molecular weight excluding hydrogens is 214 g/mol. The van der Waals surface area contributed by atoms with Gasteiger partial charge in [0.25, 0.3) is 0 Å². The fourth-order valence-electron chi connectivity index (χ4n) is 2.45. The first kappa shape index (κ1) is 12.2. The Labute approximate surface area is 103 Å². The third-order valence-corrected chi connectivity index (χ3v) is 3.45. The van der Waals surface area contributed by atoms with Crippen LogP contribution in [0.4, 0.5) is 0 Å². The second kappa shape index (κ2) is 4.96. The Hall–Kier alpha value is -1.22. The predicted octanol–water partition coefficient (Wildman–Crippen LogP) is 2.55. The van der Waals surface area contributed by atoms with Crippen LogP contribution in [0.1, 0.15) is 31.0 Å². The van der Waals surface area contributed by atoms with E-state index in [2.05, 4.69) is 31.3 Å². The molecule has 0 fully saturated rings. The summed E-state index contributed by atoms with van der Waals surface area (Å²) in [7, 11) is 3.37. The Morgan fingerprint density at radius 1 is 1.12 bits per heavy atom. The van der Waals surface area contributed by atoms with E-state index in [4.69, 9.17) is 9.47 Å². The molecule has 3 nitrogen and oxygen atoms in total. The van der Waals surface area contributed by atoms with E-state index < -0.39 is 0 Å². The third kappa shape index (κ3) is 2.39. The number of fused-ring (bicyclic) bond motifs is 1. The Bertz CT molecular complexity index is 403. The molecule has 0 aliphatic carbocycles. The number of benzene rings is 1. The van der Waals surface area contributed by atoms with Crippen LogP contribution in [-0.2, 0) is 6.42 Å². The van der Waals surface area contributed by atoms with Gasteiger partial charge in [0.05, 0.1) is 14.2 Å². The average molecular weight is 235 g/mol. The van der Waals surface area contributed by atoms with Gasteiger partial charge in [-0.3, -0.25) is 0 Å². The van der Waals surface area contributed by atoms with Gasteiger partial charge in [-0.15, -0.1) is 0 Å². The predicted molar refractivity (Wildman–Crippen MR) is 68.8 cm³/mol. The molecule has 0 spiro atoms. The summed E-state index contributed by atoms with van der Waals surface area (Å²) in [6, 6.07) is 4.59. The summed E-state index contributed by atoms with van der Waals surface area (Å²) in [4.78, 5) is 0. The highest BCUT2D eigenvalue weighted by atomic mass is 16.5. The molecular formula is C14H21NO2. The third-order valence-electron chi connectivity index (χ3n) is 3.45. The van der Waals surface area contributed by atoms with Gasteiger partial charge in [-0.05, 0) is 49.1 Å². The maximum atomic E-state index is 5.37. The first-order valence-corrected chi connectivity index (χ1v) is 6.14. The van der Waals surface area contributed by atoms with E-state index in [1.807, 2.05) is 0 Å². The van der Waals surface area contributed by atoms with Crippen molar-refractivity contribution >= 4 is 0 Å². The molecule has 2 atom stereocenters. The number of hydrogen-bond donors (Lipinski definition) is 1. The molecule has 0 bridgehead atoms. The van der Waals surface area contributed by atoms with Crippen LogP contribution in [0.5, 0.6) is 11.5 Å². The maximum Gasteiger partial charge on any atom is 0.161 e. The number of rotatable bonds is 2. The lowest BCUT2D eigenvalue weighted by Crippen LogP contribution is -2.21. The van der Waals surface area contributed by atoms with Gasteiger partial charge in [0, 0.05) is 6.04 Å². The number of ether oxygens (including phenoxy) is 2. The Morgan fingerprint density at radius 3 is 2.41 bits per heavy atom. The first-order chi connectivity index (χ1) is 8.15. The van der Waals surface area contributed by atoms with Gasteiger partial charge in [0.15, 0.2) is 11.5 Å². The Kier molecular flexibility index (Phi) is 3.57.